The van der Waals surface area contributed by atoms with Crippen LogP contribution < -0.4 is 5.73 Å². The first kappa shape index (κ1) is 13.9. The van der Waals surface area contributed by atoms with Gasteiger partial charge in [0.25, 0.3) is 0 Å². The second kappa shape index (κ2) is 6.55. The van der Waals surface area contributed by atoms with E-state index in [1.165, 1.54) is 0 Å². The summed E-state index contributed by atoms with van der Waals surface area (Å²) in [7, 11) is 0. The summed E-state index contributed by atoms with van der Waals surface area (Å²) >= 11 is 3.44. The van der Waals surface area contributed by atoms with E-state index in [1.807, 2.05) is 12.1 Å². The van der Waals surface area contributed by atoms with E-state index in [4.69, 9.17) is 10.5 Å². The minimum Gasteiger partial charge on any atom is -0.381 e. The molecule has 1 atom stereocenters. The molecule has 1 aromatic heterocycles. The van der Waals surface area contributed by atoms with Crippen molar-refractivity contribution in [2.75, 3.05) is 13.2 Å². The van der Waals surface area contributed by atoms with E-state index < -0.39 is 0 Å². The molecule has 0 aliphatic carbocycles. The average Bonchev–Trinajstić information content (AvgIpc) is 2.30. The standard InChI is InChI=1S/C11H15BrN2O.ClH/c12-11-9(2-1-5-14-11)10(13)8-3-6-15-7-4-8;/h1-2,5,8,10H,3-4,6-7,13H2;1H/t10-;/m0./s1. The molecule has 16 heavy (non-hydrogen) atoms. The van der Waals surface area contributed by atoms with Crippen LogP contribution >= 0.6 is 28.3 Å². The fraction of sp³-hybridized carbons (Fsp3) is 0.545. The molecule has 0 saturated carbocycles. The predicted molar refractivity (Wildman–Crippen MR) is 69.7 cm³/mol. The number of halogens is 2. The van der Waals surface area contributed by atoms with E-state index in [1.54, 1.807) is 6.20 Å². The van der Waals surface area contributed by atoms with Crippen LogP contribution in [0, 0.1) is 5.92 Å². The number of nitrogens with zero attached hydrogens (tertiary/aromatic N) is 1. The van der Waals surface area contributed by atoms with Crippen LogP contribution in [0.5, 0.6) is 0 Å². The van der Waals surface area contributed by atoms with Crippen LogP contribution in [0.1, 0.15) is 24.4 Å². The zero-order valence-corrected chi connectivity index (χ0v) is 11.3. The molecular weight excluding hydrogens is 291 g/mol. The van der Waals surface area contributed by atoms with E-state index in [-0.39, 0.29) is 18.4 Å². The van der Waals surface area contributed by atoms with Crippen molar-refractivity contribution in [3.63, 3.8) is 0 Å². The molecule has 90 valence electrons. The summed E-state index contributed by atoms with van der Waals surface area (Å²) in [5.41, 5.74) is 7.35. The van der Waals surface area contributed by atoms with Crippen molar-refractivity contribution < 1.29 is 4.74 Å². The summed E-state index contributed by atoms with van der Waals surface area (Å²) in [6.07, 6.45) is 3.86. The molecule has 1 saturated heterocycles. The molecule has 1 aliphatic rings. The molecule has 1 fully saturated rings. The van der Waals surface area contributed by atoms with E-state index in [2.05, 4.69) is 20.9 Å². The van der Waals surface area contributed by atoms with Gasteiger partial charge in [-0.15, -0.1) is 12.4 Å². The molecule has 3 nitrogen and oxygen atoms in total. The first-order valence-corrected chi connectivity index (χ1v) is 6.02. The van der Waals surface area contributed by atoms with Crippen molar-refractivity contribution in [2.24, 2.45) is 11.7 Å². The second-order valence-corrected chi connectivity index (χ2v) is 4.61. The minimum atomic E-state index is 0. The van der Waals surface area contributed by atoms with Crippen LogP contribution in [0.4, 0.5) is 0 Å². The van der Waals surface area contributed by atoms with Crippen LogP contribution in [0.3, 0.4) is 0 Å². The summed E-state index contributed by atoms with van der Waals surface area (Å²) < 4.78 is 6.20. The monoisotopic (exact) mass is 306 g/mol. The fourth-order valence-electron chi connectivity index (χ4n) is 1.98. The lowest BCUT2D eigenvalue weighted by Gasteiger charge is -2.28. The number of ether oxygens (including phenoxy) is 1. The normalized spacial score (nSPS) is 18.9. The Kier molecular flexibility index (Phi) is 5.69. The van der Waals surface area contributed by atoms with Crippen LogP contribution in [0.2, 0.25) is 0 Å². The van der Waals surface area contributed by atoms with E-state index in [0.717, 1.165) is 36.2 Å². The number of hydrogen-bond acceptors (Lipinski definition) is 3. The van der Waals surface area contributed by atoms with Gasteiger partial charge in [0, 0.05) is 31.0 Å². The van der Waals surface area contributed by atoms with Gasteiger partial charge in [-0.3, -0.25) is 0 Å². The molecule has 1 aliphatic heterocycles. The van der Waals surface area contributed by atoms with E-state index in [0.29, 0.717) is 5.92 Å². The minimum absolute atomic E-state index is 0. The second-order valence-electron chi connectivity index (χ2n) is 3.86. The highest BCUT2D eigenvalue weighted by molar-refractivity contribution is 9.10. The molecule has 0 spiro atoms. The van der Waals surface area contributed by atoms with Gasteiger partial charge in [-0.05, 0) is 40.8 Å². The van der Waals surface area contributed by atoms with Gasteiger partial charge in [0.2, 0.25) is 0 Å². The summed E-state index contributed by atoms with van der Waals surface area (Å²) in [4.78, 5) is 4.20. The Balaban J connectivity index is 0.00000128. The third-order valence-electron chi connectivity index (χ3n) is 2.92. The Labute approximate surface area is 110 Å². The molecule has 0 unspecified atom stereocenters. The SMILES string of the molecule is Cl.N[C@H](c1cccnc1Br)C1CCOCC1. The highest BCUT2D eigenvalue weighted by Crippen LogP contribution is 2.30. The highest BCUT2D eigenvalue weighted by Gasteiger charge is 2.23. The average molecular weight is 308 g/mol. The number of pyridine rings is 1. The number of rotatable bonds is 2. The van der Waals surface area contributed by atoms with Gasteiger partial charge in [-0.25, -0.2) is 4.98 Å². The Morgan fingerprint density at radius 3 is 2.75 bits per heavy atom. The third kappa shape index (κ3) is 3.17. The maximum Gasteiger partial charge on any atom is 0.110 e. The van der Waals surface area contributed by atoms with Gasteiger partial charge < -0.3 is 10.5 Å². The first-order chi connectivity index (χ1) is 7.29. The maximum absolute atomic E-state index is 6.24. The van der Waals surface area contributed by atoms with Crippen molar-refractivity contribution in [3.8, 4) is 0 Å². The molecule has 1 aromatic rings. The quantitative estimate of drug-likeness (QED) is 0.855. The van der Waals surface area contributed by atoms with Gasteiger partial charge in [0.05, 0.1) is 0 Å². The van der Waals surface area contributed by atoms with Gasteiger partial charge in [-0.2, -0.15) is 0 Å². The molecular formula is C11H16BrClN2O. The van der Waals surface area contributed by atoms with Crippen molar-refractivity contribution in [1.29, 1.82) is 0 Å². The summed E-state index contributed by atoms with van der Waals surface area (Å²) in [5, 5.41) is 0. The van der Waals surface area contributed by atoms with Crippen LogP contribution in [0.25, 0.3) is 0 Å². The number of hydrogen-bond donors (Lipinski definition) is 1. The summed E-state index contributed by atoms with van der Waals surface area (Å²) in [6, 6.07) is 4.04. The summed E-state index contributed by atoms with van der Waals surface area (Å²) in [6.45, 7) is 1.66. The lowest BCUT2D eigenvalue weighted by molar-refractivity contribution is 0.0582. The van der Waals surface area contributed by atoms with Gasteiger partial charge in [-0.1, -0.05) is 6.07 Å². The zero-order valence-electron chi connectivity index (χ0n) is 8.93. The molecule has 2 heterocycles. The maximum atomic E-state index is 6.24. The molecule has 2 rings (SSSR count). The van der Waals surface area contributed by atoms with Gasteiger partial charge in [0.1, 0.15) is 4.60 Å². The Bertz CT molecular complexity index is 332. The highest BCUT2D eigenvalue weighted by atomic mass is 79.9. The zero-order chi connectivity index (χ0) is 10.7. The lowest BCUT2D eigenvalue weighted by atomic mass is 9.88. The first-order valence-electron chi connectivity index (χ1n) is 5.23. The van der Waals surface area contributed by atoms with E-state index in [9.17, 15) is 0 Å². The number of aromatic nitrogens is 1. The Morgan fingerprint density at radius 2 is 2.12 bits per heavy atom. The molecule has 0 bridgehead atoms. The van der Waals surface area contributed by atoms with Crippen LogP contribution in [-0.2, 0) is 4.74 Å². The molecule has 2 N–H and O–H groups in total. The predicted octanol–water partition coefficient (Wildman–Crippen LogP) is 2.69. The van der Waals surface area contributed by atoms with Gasteiger partial charge in [0.15, 0.2) is 0 Å². The molecule has 0 aromatic carbocycles. The topological polar surface area (TPSA) is 48.1 Å². The summed E-state index contributed by atoms with van der Waals surface area (Å²) in [5.74, 6) is 0.513. The Morgan fingerprint density at radius 1 is 1.44 bits per heavy atom. The van der Waals surface area contributed by atoms with Crippen LogP contribution in [0.15, 0.2) is 22.9 Å². The van der Waals surface area contributed by atoms with Crippen molar-refractivity contribution in [2.45, 2.75) is 18.9 Å². The lowest BCUT2D eigenvalue weighted by Crippen LogP contribution is -2.27. The smallest absolute Gasteiger partial charge is 0.110 e. The molecule has 0 radical (unpaired) electrons. The van der Waals surface area contributed by atoms with Crippen molar-refractivity contribution in [1.82, 2.24) is 4.98 Å². The third-order valence-corrected chi connectivity index (χ3v) is 3.58. The largest absolute Gasteiger partial charge is 0.381 e. The molecule has 5 heteroatoms. The van der Waals surface area contributed by atoms with Crippen molar-refractivity contribution in [3.05, 3.63) is 28.5 Å². The van der Waals surface area contributed by atoms with Crippen molar-refractivity contribution >= 4 is 28.3 Å². The number of nitrogens with two attached hydrogens (primary N) is 1. The Hall–Kier alpha value is -0.160. The fourth-order valence-corrected chi connectivity index (χ4v) is 2.49. The van der Waals surface area contributed by atoms with E-state index >= 15 is 0 Å². The van der Waals surface area contributed by atoms with Crippen LogP contribution in [-0.4, -0.2) is 18.2 Å². The van der Waals surface area contributed by atoms with Gasteiger partial charge >= 0.3 is 0 Å². The molecule has 0 amide bonds.